The van der Waals surface area contributed by atoms with E-state index in [1.165, 1.54) is 12.1 Å². The Hall–Kier alpha value is -2.18. The van der Waals surface area contributed by atoms with Crippen molar-refractivity contribution in [1.82, 2.24) is 5.43 Å². The number of fused-ring (bicyclic) bond motifs is 1. The fourth-order valence-electron chi connectivity index (χ4n) is 2.35. The molecule has 21 heavy (non-hydrogen) atoms. The van der Waals surface area contributed by atoms with Crippen molar-refractivity contribution >= 4 is 0 Å². The number of ether oxygens (including phenoxy) is 2. The number of hydrogen-bond acceptors (Lipinski definition) is 4. The second-order valence-electron chi connectivity index (χ2n) is 4.65. The van der Waals surface area contributed by atoms with Gasteiger partial charge in [0, 0.05) is 5.56 Å². The first-order chi connectivity index (χ1) is 10.2. The molecule has 0 fully saturated rings. The number of halogens is 2. The van der Waals surface area contributed by atoms with Crippen LogP contribution < -0.4 is 20.7 Å². The van der Waals surface area contributed by atoms with E-state index in [2.05, 4.69) is 5.43 Å². The van der Waals surface area contributed by atoms with Gasteiger partial charge in [-0.25, -0.2) is 14.2 Å². The first kappa shape index (κ1) is 13.8. The average Bonchev–Trinajstić information content (AvgIpc) is 2.52. The summed E-state index contributed by atoms with van der Waals surface area (Å²) in [6.07, 6.45) is 0. The van der Waals surface area contributed by atoms with Gasteiger partial charge in [0.05, 0.1) is 6.04 Å². The van der Waals surface area contributed by atoms with Crippen LogP contribution in [0, 0.1) is 11.6 Å². The molecule has 6 heteroatoms. The molecule has 0 spiro atoms. The molecular weight excluding hydrogens is 278 g/mol. The van der Waals surface area contributed by atoms with Crippen LogP contribution in [-0.2, 0) is 0 Å². The molecule has 1 heterocycles. The molecule has 2 aromatic rings. The Bertz CT molecular complexity index is 664. The van der Waals surface area contributed by atoms with Gasteiger partial charge in [-0.2, -0.15) is 0 Å². The summed E-state index contributed by atoms with van der Waals surface area (Å²) in [5, 5.41) is 0. The predicted molar refractivity (Wildman–Crippen MR) is 73.0 cm³/mol. The number of hydrogen-bond donors (Lipinski definition) is 2. The van der Waals surface area contributed by atoms with E-state index in [-0.39, 0.29) is 5.56 Å². The summed E-state index contributed by atoms with van der Waals surface area (Å²) in [5.41, 5.74) is 3.30. The lowest BCUT2D eigenvalue weighted by molar-refractivity contribution is 0.171. The number of nitrogens with two attached hydrogens (primary N) is 1. The Morgan fingerprint density at radius 1 is 1.05 bits per heavy atom. The lowest BCUT2D eigenvalue weighted by Crippen LogP contribution is -2.30. The largest absolute Gasteiger partial charge is 0.486 e. The number of hydrazine groups is 1. The molecular formula is C15H14F2N2O2. The van der Waals surface area contributed by atoms with Crippen LogP contribution in [0.3, 0.4) is 0 Å². The second-order valence-corrected chi connectivity index (χ2v) is 4.65. The zero-order chi connectivity index (χ0) is 14.8. The monoisotopic (exact) mass is 292 g/mol. The highest BCUT2D eigenvalue weighted by atomic mass is 19.2. The predicted octanol–water partition coefficient (Wildman–Crippen LogP) is 2.29. The number of rotatable bonds is 3. The van der Waals surface area contributed by atoms with Crippen LogP contribution in [0.25, 0.3) is 0 Å². The van der Waals surface area contributed by atoms with Crippen molar-refractivity contribution in [1.29, 1.82) is 0 Å². The second kappa shape index (κ2) is 5.67. The molecule has 0 saturated heterocycles. The average molecular weight is 292 g/mol. The third-order valence-electron chi connectivity index (χ3n) is 3.36. The molecule has 0 aliphatic carbocycles. The minimum atomic E-state index is -0.921. The molecule has 3 N–H and O–H groups in total. The van der Waals surface area contributed by atoms with E-state index in [1.807, 2.05) is 0 Å². The van der Waals surface area contributed by atoms with Crippen molar-refractivity contribution in [2.45, 2.75) is 6.04 Å². The summed E-state index contributed by atoms with van der Waals surface area (Å²) < 4.78 is 38.2. The standard InChI is InChI=1S/C15H14F2N2O2/c16-11-3-1-2-10(14(11)17)15(19-18)9-4-5-12-13(8-9)21-7-6-20-12/h1-5,8,15,19H,6-7,18H2. The lowest BCUT2D eigenvalue weighted by atomic mass is 9.98. The van der Waals surface area contributed by atoms with Crippen LogP contribution in [0.4, 0.5) is 8.78 Å². The van der Waals surface area contributed by atoms with Crippen LogP contribution in [0.2, 0.25) is 0 Å². The van der Waals surface area contributed by atoms with E-state index in [1.54, 1.807) is 18.2 Å². The highest BCUT2D eigenvalue weighted by molar-refractivity contribution is 5.46. The Kier molecular flexibility index (Phi) is 3.72. The molecule has 1 aliphatic heterocycles. The van der Waals surface area contributed by atoms with Gasteiger partial charge in [0.25, 0.3) is 0 Å². The van der Waals surface area contributed by atoms with Gasteiger partial charge in [-0.3, -0.25) is 5.84 Å². The maximum atomic E-state index is 13.9. The zero-order valence-electron chi connectivity index (χ0n) is 11.1. The summed E-state index contributed by atoms with van der Waals surface area (Å²) in [4.78, 5) is 0. The maximum absolute atomic E-state index is 13.9. The molecule has 1 atom stereocenters. The topological polar surface area (TPSA) is 56.5 Å². The van der Waals surface area contributed by atoms with Crippen LogP contribution in [0.15, 0.2) is 36.4 Å². The van der Waals surface area contributed by atoms with Gasteiger partial charge in [-0.05, 0) is 23.8 Å². The first-order valence-corrected chi connectivity index (χ1v) is 6.50. The third kappa shape index (κ3) is 2.55. The number of benzene rings is 2. The summed E-state index contributed by atoms with van der Waals surface area (Å²) in [6, 6.07) is 8.49. The highest BCUT2D eigenvalue weighted by Gasteiger charge is 2.21. The van der Waals surface area contributed by atoms with Gasteiger partial charge in [0.15, 0.2) is 23.1 Å². The Morgan fingerprint density at radius 3 is 2.57 bits per heavy atom. The Labute approximate surface area is 120 Å². The van der Waals surface area contributed by atoms with Gasteiger partial charge in [0.1, 0.15) is 13.2 Å². The van der Waals surface area contributed by atoms with Crippen LogP contribution in [-0.4, -0.2) is 13.2 Å². The fourth-order valence-corrected chi connectivity index (χ4v) is 2.35. The van der Waals surface area contributed by atoms with E-state index in [0.717, 1.165) is 6.07 Å². The minimum absolute atomic E-state index is 0.133. The summed E-state index contributed by atoms with van der Waals surface area (Å²) in [5.74, 6) is 4.88. The van der Waals surface area contributed by atoms with E-state index in [9.17, 15) is 8.78 Å². The molecule has 1 aliphatic rings. The first-order valence-electron chi connectivity index (χ1n) is 6.50. The SMILES string of the molecule is NNC(c1ccc2c(c1)OCCO2)c1cccc(F)c1F. The summed E-state index contributed by atoms with van der Waals surface area (Å²) >= 11 is 0. The van der Waals surface area contributed by atoms with Gasteiger partial charge >= 0.3 is 0 Å². The number of nitrogens with one attached hydrogen (secondary N) is 1. The van der Waals surface area contributed by atoms with Crippen LogP contribution in [0.1, 0.15) is 17.2 Å². The third-order valence-corrected chi connectivity index (χ3v) is 3.36. The van der Waals surface area contributed by atoms with Gasteiger partial charge in [-0.1, -0.05) is 18.2 Å². The Balaban J connectivity index is 2.02. The van der Waals surface area contributed by atoms with Crippen molar-refractivity contribution in [2.24, 2.45) is 5.84 Å². The molecule has 0 bridgehead atoms. The summed E-state index contributed by atoms with van der Waals surface area (Å²) in [7, 11) is 0. The van der Waals surface area contributed by atoms with Crippen molar-refractivity contribution in [3.05, 3.63) is 59.2 Å². The lowest BCUT2D eigenvalue weighted by Gasteiger charge is -2.22. The maximum Gasteiger partial charge on any atom is 0.163 e. The fraction of sp³-hybridized carbons (Fsp3) is 0.200. The van der Waals surface area contributed by atoms with E-state index < -0.39 is 17.7 Å². The molecule has 0 aromatic heterocycles. The van der Waals surface area contributed by atoms with Gasteiger partial charge in [-0.15, -0.1) is 0 Å². The summed E-state index contributed by atoms with van der Waals surface area (Å²) in [6.45, 7) is 0.939. The molecule has 0 radical (unpaired) electrons. The normalized spacial score (nSPS) is 14.8. The van der Waals surface area contributed by atoms with E-state index in [0.29, 0.717) is 30.3 Å². The van der Waals surface area contributed by atoms with E-state index in [4.69, 9.17) is 15.3 Å². The minimum Gasteiger partial charge on any atom is -0.486 e. The molecule has 2 aromatic carbocycles. The molecule has 110 valence electrons. The highest BCUT2D eigenvalue weighted by Crippen LogP contribution is 2.34. The molecule has 1 unspecified atom stereocenters. The quantitative estimate of drug-likeness (QED) is 0.673. The Morgan fingerprint density at radius 2 is 1.81 bits per heavy atom. The molecule has 0 amide bonds. The molecule has 0 saturated carbocycles. The van der Waals surface area contributed by atoms with Crippen molar-refractivity contribution < 1.29 is 18.3 Å². The van der Waals surface area contributed by atoms with Crippen molar-refractivity contribution in [3.63, 3.8) is 0 Å². The molecule has 4 nitrogen and oxygen atoms in total. The zero-order valence-corrected chi connectivity index (χ0v) is 11.1. The van der Waals surface area contributed by atoms with Crippen LogP contribution in [0.5, 0.6) is 11.5 Å². The van der Waals surface area contributed by atoms with Crippen molar-refractivity contribution in [3.8, 4) is 11.5 Å². The molecule has 3 rings (SSSR count). The van der Waals surface area contributed by atoms with Gasteiger partial charge in [0.2, 0.25) is 0 Å². The smallest absolute Gasteiger partial charge is 0.163 e. The van der Waals surface area contributed by atoms with Gasteiger partial charge < -0.3 is 9.47 Å². The van der Waals surface area contributed by atoms with E-state index >= 15 is 0 Å². The van der Waals surface area contributed by atoms with Crippen molar-refractivity contribution in [2.75, 3.05) is 13.2 Å². The van der Waals surface area contributed by atoms with Crippen LogP contribution >= 0.6 is 0 Å².